The summed E-state index contributed by atoms with van der Waals surface area (Å²) in [5, 5.41) is 7.05. The van der Waals surface area contributed by atoms with Crippen LogP contribution >= 0.6 is 11.8 Å². The maximum Gasteiger partial charge on any atom is 0.228 e. The number of amidine groups is 1. The fourth-order valence-electron chi connectivity index (χ4n) is 3.82. The summed E-state index contributed by atoms with van der Waals surface area (Å²) in [6.07, 6.45) is 2.24. The number of hydrogen-bond acceptors (Lipinski definition) is 7. The topological polar surface area (TPSA) is 71.2 Å². The molecular weight excluding hydrogens is 352 g/mol. The Morgan fingerprint density at radius 2 is 2.35 bits per heavy atom. The van der Waals surface area contributed by atoms with Crippen LogP contribution in [0.15, 0.2) is 26.7 Å². The molecular formula is C18H24N4O3S. The van der Waals surface area contributed by atoms with Crippen molar-refractivity contribution in [2.45, 2.75) is 32.3 Å². The zero-order chi connectivity index (χ0) is 18.1. The molecule has 26 heavy (non-hydrogen) atoms. The van der Waals surface area contributed by atoms with E-state index < -0.39 is 0 Å². The fourth-order valence-corrected chi connectivity index (χ4v) is 4.77. The molecule has 7 nitrogen and oxygen atoms in total. The van der Waals surface area contributed by atoms with E-state index in [-0.39, 0.29) is 17.9 Å². The molecule has 2 atom stereocenters. The average Bonchev–Trinajstić information content (AvgIpc) is 3.35. The van der Waals surface area contributed by atoms with Gasteiger partial charge in [0.1, 0.15) is 5.76 Å². The molecule has 0 aromatic carbocycles. The molecule has 4 rings (SSSR count). The van der Waals surface area contributed by atoms with Gasteiger partial charge in [0.2, 0.25) is 5.91 Å². The van der Waals surface area contributed by atoms with Gasteiger partial charge in [-0.25, -0.2) is 0 Å². The standard InChI is InChI=1S/C18H24N4O3S/c1-12-6-15(25-20-12)7-13-9-21(10-16(13)24-2)17(23)8-14-11-26-18-19-4-3-5-22(14)18/h6,11,13,16H,3-5,7-10H2,1-2H3/t13-,16+/m1/s1. The second kappa shape index (κ2) is 7.44. The van der Waals surface area contributed by atoms with Gasteiger partial charge in [0.25, 0.3) is 0 Å². The van der Waals surface area contributed by atoms with Crippen LogP contribution in [-0.4, -0.2) is 65.4 Å². The Labute approximate surface area is 157 Å². The smallest absolute Gasteiger partial charge is 0.228 e. The van der Waals surface area contributed by atoms with Crippen molar-refractivity contribution >= 4 is 22.8 Å². The van der Waals surface area contributed by atoms with Gasteiger partial charge in [-0.2, -0.15) is 0 Å². The Kier molecular flexibility index (Phi) is 5.04. The predicted octanol–water partition coefficient (Wildman–Crippen LogP) is 2.04. The van der Waals surface area contributed by atoms with Crippen molar-refractivity contribution in [3.8, 4) is 0 Å². The van der Waals surface area contributed by atoms with Crippen molar-refractivity contribution < 1.29 is 14.1 Å². The summed E-state index contributed by atoms with van der Waals surface area (Å²) in [5.41, 5.74) is 1.95. The predicted molar refractivity (Wildman–Crippen MR) is 99.7 cm³/mol. The van der Waals surface area contributed by atoms with Gasteiger partial charge in [-0.05, 0) is 18.8 Å². The van der Waals surface area contributed by atoms with Crippen molar-refractivity contribution in [2.75, 3.05) is 33.3 Å². The van der Waals surface area contributed by atoms with Crippen molar-refractivity contribution in [3.63, 3.8) is 0 Å². The number of likely N-dealkylation sites (tertiary alicyclic amines) is 1. The first-order valence-corrected chi connectivity index (χ1v) is 9.92. The van der Waals surface area contributed by atoms with Gasteiger partial charge < -0.3 is 19.1 Å². The van der Waals surface area contributed by atoms with Crippen LogP contribution in [0.3, 0.4) is 0 Å². The molecule has 1 fully saturated rings. The second-order valence-electron chi connectivity index (χ2n) is 7.04. The lowest BCUT2D eigenvalue weighted by atomic mass is 10.0. The van der Waals surface area contributed by atoms with Crippen molar-refractivity contribution in [3.05, 3.63) is 28.6 Å². The number of ether oxygens (including phenoxy) is 1. The highest BCUT2D eigenvalue weighted by molar-refractivity contribution is 8.16. The second-order valence-corrected chi connectivity index (χ2v) is 7.88. The number of aromatic nitrogens is 1. The van der Waals surface area contributed by atoms with Crippen LogP contribution in [0.25, 0.3) is 0 Å². The number of hydrogen-bond donors (Lipinski definition) is 0. The summed E-state index contributed by atoms with van der Waals surface area (Å²) in [4.78, 5) is 21.5. The molecule has 0 saturated carbocycles. The molecule has 0 unspecified atom stereocenters. The highest BCUT2D eigenvalue weighted by Gasteiger charge is 2.37. The summed E-state index contributed by atoms with van der Waals surface area (Å²) in [7, 11) is 1.71. The zero-order valence-corrected chi connectivity index (χ0v) is 16.0. The maximum absolute atomic E-state index is 12.9. The molecule has 3 aliphatic rings. The SMILES string of the molecule is CO[C@H]1CN(C(=O)CC2=CSC3=NCCCN23)C[C@H]1Cc1cc(C)no1. The summed E-state index contributed by atoms with van der Waals surface area (Å²) in [6, 6.07) is 1.95. The van der Waals surface area contributed by atoms with Crippen LogP contribution in [0, 0.1) is 12.8 Å². The third-order valence-corrected chi connectivity index (χ3v) is 6.12. The minimum Gasteiger partial charge on any atom is -0.379 e. The van der Waals surface area contributed by atoms with Gasteiger partial charge in [0.15, 0.2) is 5.17 Å². The largest absolute Gasteiger partial charge is 0.379 e. The Morgan fingerprint density at radius 3 is 3.12 bits per heavy atom. The van der Waals surface area contributed by atoms with E-state index in [1.54, 1.807) is 18.9 Å². The molecule has 1 aromatic heterocycles. The van der Waals surface area contributed by atoms with Gasteiger partial charge in [0, 0.05) is 57.4 Å². The minimum atomic E-state index is 0.0309. The number of carbonyl (C=O) groups is 1. The summed E-state index contributed by atoms with van der Waals surface area (Å²) < 4.78 is 11.0. The summed E-state index contributed by atoms with van der Waals surface area (Å²) >= 11 is 1.63. The number of carbonyl (C=O) groups excluding carboxylic acids is 1. The summed E-state index contributed by atoms with van der Waals surface area (Å²) in [5.74, 6) is 1.24. The third kappa shape index (κ3) is 3.53. The van der Waals surface area contributed by atoms with E-state index in [1.807, 2.05) is 17.9 Å². The lowest BCUT2D eigenvalue weighted by Crippen LogP contribution is -2.34. The zero-order valence-electron chi connectivity index (χ0n) is 15.2. The minimum absolute atomic E-state index is 0.0309. The fraction of sp³-hybridized carbons (Fsp3) is 0.611. The molecule has 1 aromatic rings. The monoisotopic (exact) mass is 376 g/mol. The van der Waals surface area contributed by atoms with Crippen LogP contribution in [0.4, 0.5) is 0 Å². The Bertz CT molecular complexity index is 745. The lowest BCUT2D eigenvalue weighted by Gasteiger charge is -2.26. The Balaban J connectivity index is 1.37. The molecule has 0 spiro atoms. The molecule has 8 heteroatoms. The Hall–Kier alpha value is -1.80. The van der Waals surface area contributed by atoms with Crippen LogP contribution in [0.2, 0.25) is 0 Å². The van der Waals surface area contributed by atoms with Gasteiger partial charge >= 0.3 is 0 Å². The number of nitrogens with zero attached hydrogens (tertiary/aromatic N) is 4. The molecule has 140 valence electrons. The van der Waals surface area contributed by atoms with Crippen molar-refractivity contribution in [1.82, 2.24) is 15.0 Å². The molecule has 0 aliphatic carbocycles. The van der Waals surface area contributed by atoms with Crippen LogP contribution in [-0.2, 0) is 16.0 Å². The van der Waals surface area contributed by atoms with E-state index in [0.29, 0.717) is 19.5 Å². The first-order valence-electron chi connectivity index (χ1n) is 9.04. The quantitative estimate of drug-likeness (QED) is 0.783. The lowest BCUT2D eigenvalue weighted by molar-refractivity contribution is -0.130. The maximum atomic E-state index is 12.9. The van der Waals surface area contributed by atoms with E-state index >= 15 is 0 Å². The molecule has 1 saturated heterocycles. The molecule has 0 N–H and O–H groups in total. The average molecular weight is 376 g/mol. The number of amides is 1. The molecule has 0 radical (unpaired) electrons. The number of aliphatic imine (C=N–C) groups is 1. The molecule has 1 amide bonds. The van der Waals surface area contributed by atoms with Crippen LogP contribution in [0.5, 0.6) is 0 Å². The van der Waals surface area contributed by atoms with Crippen LogP contribution in [0.1, 0.15) is 24.3 Å². The first kappa shape index (κ1) is 17.6. The highest BCUT2D eigenvalue weighted by Crippen LogP contribution is 2.32. The normalized spacial score (nSPS) is 25.3. The highest BCUT2D eigenvalue weighted by atomic mass is 32.2. The first-order chi connectivity index (χ1) is 12.6. The molecule has 0 bridgehead atoms. The van der Waals surface area contributed by atoms with Crippen molar-refractivity contribution in [1.29, 1.82) is 0 Å². The van der Waals surface area contributed by atoms with Gasteiger partial charge in [-0.3, -0.25) is 9.79 Å². The van der Waals surface area contributed by atoms with Crippen molar-refractivity contribution in [2.24, 2.45) is 10.9 Å². The number of rotatable bonds is 5. The van der Waals surface area contributed by atoms with Gasteiger partial charge in [-0.15, -0.1) is 0 Å². The van der Waals surface area contributed by atoms with Crippen LogP contribution < -0.4 is 0 Å². The molecule has 4 heterocycles. The van der Waals surface area contributed by atoms with Gasteiger partial charge in [-0.1, -0.05) is 16.9 Å². The third-order valence-electron chi connectivity index (χ3n) is 5.17. The molecule has 3 aliphatic heterocycles. The number of aryl methyl sites for hydroxylation is 1. The Morgan fingerprint density at radius 1 is 1.46 bits per heavy atom. The van der Waals surface area contributed by atoms with E-state index in [2.05, 4.69) is 20.5 Å². The van der Waals surface area contributed by atoms with E-state index in [0.717, 1.165) is 48.3 Å². The number of methoxy groups -OCH3 is 1. The van der Waals surface area contributed by atoms with E-state index in [1.165, 1.54) is 0 Å². The van der Waals surface area contributed by atoms with Gasteiger partial charge in [0.05, 0.1) is 18.2 Å². The van der Waals surface area contributed by atoms with E-state index in [9.17, 15) is 4.79 Å². The summed E-state index contributed by atoms with van der Waals surface area (Å²) in [6.45, 7) is 5.08. The number of thioether (sulfide) groups is 1. The number of fused-ring (bicyclic) bond motifs is 1. The van der Waals surface area contributed by atoms with E-state index in [4.69, 9.17) is 9.26 Å².